The molecule has 3 N–H and O–H groups in total. The molecule has 0 aliphatic heterocycles. The van der Waals surface area contributed by atoms with Crippen LogP contribution in [0.4, 0.5) is 5.82 Å². The fourth-order valence-corrected chi connectivity index (χ4v) is 1.98. The van der Waals surface area contributed by atoms with Crippen LogP contribution in [-0.4, -0.2) is 27.5 Å². The second-order valence-corrected chi connectivity index (χ2v) is 4.54. The minimum atomic E-state index is -0.521. The largest absolute Gasteiger partial charge is 0.358 e. The molecule has 1 rings (SSSR count). The number of nitro groups is 1. The zero-order valence-corrected chi connectivity index (χ0v) is 12.7. The highest BCUT2D eigenvalue weighted by atomic mass is 35.5. The first-order valence-corrected chi connectivity index (χ1v) is 6.23. The fraction of sp³-hybridized carbons (Fsp3) is 0.583. The number of hydrogen-bond donors (Lipinski definition) is 2. The third-order valence-corrected chi connectivity index (χ3v) is 3.64. The van der Waals surface area contributed by atoms with E-state index in [1.54, 1.807) is 0 Å². The molecule has 8 heteroatoms. The van der Waals surface area contributed by atoms with Gasteiger partial charge in [-0.3, -0.25) is 4.79 Å². The number of nitrogens with zero attached hydrogens (tertiary/aromatic N) is 2. The summed E-state index contributed by atoms with van der Waals surface area (Å²) < 4.78 is 1.27. The Morgan fingerprint density at radius 1 is 1.45 bits per heavy atom. The van der Waals surface area contributed by atoms with Gasteiger partial charge in [0.25, 0.3) is 5.91 Å². The molecule has 0 fully saturated rings. The molecule has 0 aliphatic rings. The molecule has 1 aromatic heterocycles. The van der Waals surface area contributed by atoms with Gasteiger partial charge in [0.05, 0.1) is 12.6 Å². The van der Waals surface area contributed by atoms with Crippen molar-refractivity contribution in [1.29, 1.82) is 0 Å². The summed E-state index contributed by atoms with van der Waals surface area (Å²) in [6.45, 7) is 4.23. The predicted molar refractivity (Wildman–Crippen MR) is 79.1 cm³/mol. The monoisotopic (exact) mass is 304 g/mol. The van der Waals surface area contributed by atoms with E-state index in [0.29, 0.717) is 19.4 Å². The van der Waals surface area contributed by atoms with Gasteiger partial charge < -0.3 is 21.2 Å². The van der Waals surface area contributed by atoms with Gasteiger partial charge in [-0.25, -0.2) is 4.57 Å². The lowest BCUT2D eigenvalue weighted by atomic mass is 9.93. The van der Waals surface area contributed by atoms with E-state index >= 15 is 0 Å². The van der Waals surface area contributed by atoms with Gasteiger partial charge in [0.15, 0.2) is 5.69 Å². The van der Waals surface area contributed by atoms with Gasteiger partial charge in [-0.2, -0.15) is 0 Å². The summed E-state index contributed by atoms with van der Waals surface area (Å²) in [7, 11) is 1.50. The van der Waals surface area contributed by atoms with Crippen LogP contribution >= 0.6 is 12.4 Å². The number of nitrogens with two attached hydrogens (primary N) is 1. The van der Waals surface area contributed by atoms with Crippen molar-refractivity contribution in [2.75, 3.05) is 6.54 Å². The molecule has 0 radical (unpaired) electrons. The Morgan fingerprint density at radius 3 is 2.35 bits per heavy atom. The van der Waals surface area contributed by atoms with Crippen LogP contribution in [0.3, 0.4) is 0 Å². The standard InChI is InChI=1S/C12H20N4O3.ClH/c1-4-12(5-2,8-13)14-11(17)9-6-7-10(15(9)3)16(18)19;/h6-7H,4-5,8,13H2,1-3H3,(H,14,17);1H. The summed E-state index contributed by atoms with van der Waals surface area (Å²) >= 11 is 0. The molecule has 7 nitrogen and oxygen atoms in total. The maximum absolute atomic E-state index is 12.2. The van der Waals surface area contributed by atoms with Crippen LogP contribution in [0.15, 0.2) is 12.1 Å². The summed E-state index contributed by atoms with van der Waals surface area (Å²) in [5.74, 6) is -0.457. The highest BCUT2D eigenvalue weighted by Crippen LogP contribution is 2.18. The van der Waals surface area contributed by atoms with Crippen LogP contribution in [0.25, 0.3) is 0 Å². The zero-order valence-electron chi connectivity index (χ0n) is 11.9. The van der Waals surface area contributed by atoms with E-state index in [1.807, 2.05) is 13.8 Å². The lowest BCUT2D eigenvalue weighted by Crippen LogP contribution is -2.53. The molecule has 0 saturated carbocycles. The number of rotatable bonds is 6. The zero-order chi connectivity index (χ0) is 14.6. The van der Waals surface area contributed by atoms with E-state index in [0.717, 1.165) is 0 Å². The second-order valence-electron chi connectivity index (χ2n) is 4.54. The van der Waals surface area contributed by atoms with Crippen LogP contribution in [0.1, 0.15) is 37.2 Å². The Morgan fingerprint density at radius 2 is 2.00 bits per heavy atom. The average molecular weight is 305 g/mol. The van der Waals surface area contributed by atoms with Gasteiger partial charge >= 0.3 is 5.82 Å². The van der Waals surface area contributed by atoms with Crippen molar-refractivity contribution in [2.24, 2.45) is 12.8 Å². The third kappa shape index (κ3) is 3.49. The number of hydrogen-bond acceptors (Lipinski definition) is 4. The number of carbonyl (C=O) groups excluding carboxylic acids is 1. The molecule has 0 unspecified atom stereocenters. The van der Waals surface area contributed by atoms with Gasteiger partial charge in [-0.05, 0) is 23.8 Å². The SMILES string of the molecule is CCC(CC)(CN)NC(=O)c1ccc([N+](=O)[O-])n1C.Cl. The van der Waals surface area contributed by atoms with Gasteiger partial charge in [0.2, 0.25) is 0 Å². The molecule has 0 atom stereocenters. The normalized spacial score (nSPS) is 10.8. The smallest absolute Gasteiger partial charge is 0.323 e. The summed E-state index contributed by atoms with van der Waals surface area (Å²) in [5.41, 5.74) is 5.51. The van der Waals surface area contributed by atoms with E-state index in [4.69, 9.17) is 5.73 Å². The van der Waals surface area contributed by atoms with Crippen molar-refractivity contribution in [3.63, 3.8) is 0 Å². The lowest BCUT2D eigenvalue weighted by molar-refractivity contribution is -0.391. The van der Waals surface area contributed by atoms with Crippen LogP contribution in [0.5, 0.6) is 0 Å². The topological polar surface area (TPSA) is 103 Å². The van der Waals surface area contributed by atoms with Crippen molar-refractivity contribution in [3.8, 4) is 0 Å². The molecular weight excluding hydrogens is 284 g/mol. The van der Waals surface area contributed by atoms with Crippen LogP contribution in [0, 0.1) is 10.1 Å². The number of carbonyl (C=O) groups is 1. The van der Waals surface area contributed by atoms with E-state index < -0.39 is 10.5 Å². The first kappa shape index (κ1) is 18.4. The average Bonchev–Trinajstić information content (AvgIpc) is 2.78. The first-order chi connectivity index (χ1) is 8.90. The maximum atomic E-state index is 12.2. The molecule has 114 valence electrons. The number of halogens is 1. The van der Waals surface area contributed by atoms with Gasteiger partial charge in [-0.15, -0.1) is 12.4 Å². The Balaban J connectivity index is 0.00000361. The quantitative estimate of drug-likeness (QED) is 0.615. The van der Waals surface area contributed by atoms with Gasteiger partial charge in [-0.1, -0.05) is 13.8 Å². The Kier molecular flexibility index (Phi) is 6.67. The molecule has 1 amide bonds. The van der Waals surface area contributed by atoms with Crippen molar-refractivity contribution in [2.45, 2.75) is 32.2 Å². The highest BCUT2D eigenvalue weighted by molar-refractivity contribution is 5.93. The van der Waals surface area contributed by atoms with Crippen molar-refractivity contribution >= 4 is 24.1 Å². The molecule has 0 saturated heterocycles. The fourth-order valence-electron chi connectivity index (χ4n) is 1.98. The Hall–Kier alpha value is -1.60. The molecule has 0 aromatic carbocycles. The van der Waals surface area contributed by atoms with E-state index in [-0.39, 0.29) is 29.8 Å². The summed E-state index contributed by atoms with van der Waals surface area (Å²) in [6.07, 6.45) is 1.41. The number of amides is 1. The molecule has 1 aromatic rings. The maximum Gasteiger partial charge on any atom is 0.323 e. The van der Waals surface area contributed by atoms with E-state index in [9.17, 15) is 14.9 Å². The lowest BCUT2D eigenvalue weighted by Gasteiger charge is -2.31. The summed E-state index contributed by atoms with van der Waals surface area (Å²) in [6, 6.07) is 2.76. The molecule has 0 aliphatic carbocycles. The summed E-state index contributed by atoms with van der Waals surface area (Å²) in [4.78, 5) is 22.4. The second kappa shape index (κ2) is 7.25. The van der Waals surface area contributed by atoms with Crippen LogP contribution < -0.4 is 11.1 Å². The minimum absolute atomic E-state index is 0. The van der Waals surface area contributed by atoms with E-state index in [1.165, 1.54) is 23.7 Å². The molecular formula is C12H21ClN4O3. The van der Waals surface area contributed by atoms with Crippen LogP contribution in [-0.2, 0) is 7.05 Å². The summed E-state index contributed by atoms with van der Waals surface area (Å²) in [5, 5.41) is 13.6. The van der Waals surface area contributed by atoms with E-state index in [2.05, 4.69) is 5.32 Å². The predicted octanol–water partition coefficient (Wildman–Crippen LogP) is 1.60. The van der Waals surface area contributed by atoms with Crippen molar-refractivity contribution in [1.82, 2.24) is 9.88 Å². The Labute approximate surface area is 124 Å². The Bertz CT molecular complexity index is 475. The highest BCUT2D eigenvalue weighted by Gasteiger charge is 2.29. The number of nitrogens with one attached hydrogen (secondary N) is 1. The number of aromatic nitrogens is 1. The van der Waals surface area contributed by atoms with Crippen LogP contribution in [0.2, 0.25) is 0 Å². The van der Waals surface area contributed by atoms with Gasteiger partial charge in [0.1, 0.15) is 0 Å². The molecule has 0 spiro atoms. The van der Waals surface area contributed by atoms with Gasteiger partial charge in [0, 0.05) is 12.6 Å². The third-order valence-electron chi connectivity index (χ3n) is 3.64. The van der Waals surface area contributed by atoms with Crippen molar-refractivity contribution in [3.05, 3.63) is 27.9 Å². The first-order valence-electron chi connectivity index (χ1n) is 6.23. The molecule has 0 bridgehead atoms. The van der Waals surface area contributed by atoms with Crippen molar-refractivity contribution < 1.29 is 9.72 Å². The minimum Gasteiger partial charge on any atom is -0.358 e. The molecule has 20 heavy (non-hydrogen) atoms. The molecule has 1 heterocycles.